The highest BCUT2D eigenvalue weighted by molar-refractivity contribution is 5.58. The van der Waals surface area contributed by atoms with Gasteiger partial charge in [-0.3, -0.25) is 4.98 Å². The Kier molecular flexibility index (Phi) is 2.41. The van der Waals surface area contributed by atoms with Gasteiger partial charge >= 0.3 is 6.18 Å². The van der Waals surface area contributed by atoms with Crippen molar-refractivity contribution < 1.29 is 17.6 Å². The fourth-order valence-corrected chi connectivity index (χ4v) is 1.29. The number of pyridine rings is 1. The lowest BCUT2D eigenvalue weighted by Gasteiger charge is -2.09. The van der Waals surface area contributed by atoms with Gasteiger partial charge in [0.15, 0.2) is 0 Å². The zero-order valence-corrected chi connectivity index (χ0v) is 8.25. The maximum absolute atomic E-state index is 12.6. The molecule has 0 aromatic carbocycles. The smallest absolute Gasteiger partial charge is 0.417 e. The lowest BCUT2D eigenvalue weighted by molar-refractivity contribution is -0.137. The van der Waals surface area contributed by atoms with Crippen LogP contribution in [0.5, 0.6) is 0 Å². The fourth-order valence-electron chi connectivity index (χ4n) is 1.29. The monoisotopic (exact) mass is 228 g/mol. The number of rotatable bonds is 1. The molecule has 0 fully saturated rings. The number of oxazole rings is 1. The van der Waals surface area contributed by atoms with Gasteiger partial charge in [0.1, 0.15) is 6.26 Å². The van der Waals surface area contributed by atoms with E-state index in [1.807, 2.05) is 0 Å². The number of alkyl halides is 3. The van der Waals surface area contributed by atoms with Crippen LogP contribution in [-0.4, -0.2) is 9.97 Å². The van der Waals surface area contributed by atoms with Gasteiger partial charge in [0.25, 0.3) is 0 Å². The molecule has 0 unspecified atom stereocenters. The van der Waals surface area contributed by atoms with Crippen molar-refractivity contribution >= 4 is 0 Å². The number of hydrogen-bond donors (Lipinski definition) is 0. The molecule has 0 spiro atoms. The van der Waals surface area contributed by atoms with Gasteiger partial charge in [0.2, 0.25) is 5.89 Å². The minimum atomic E-state index is -4.44. The van der Waals surface area contributed by atoms with Crippen LogP contribution < -0.4 is 0 Å². The Balaban J connectivity index is 2.57. The Morgan fingerprint density at radius 2 is 2.06 bits per heavy atom. The predicted molar refractivity (Wildman–Crippen MR) is 49.5 cm³/mol. The maximum Gasteiger partial charge on any atom is 0.417 e. The summed E-state index contributed by atoms with van der Waals surface area (Å²) in [6.07, 6.45) is -0.973. The van der Waals surface area contributed by atoms with E-state index < -0.39 is 11.7 Å². The van der Waals surface area contributed by atoms with Crippen LogP contribution in [0, 0.1) is 6.92 Å². The number of aryl methyl sites for hydroxylation is 1. The summed E-state index contributed by atoms with van der Waals surface area (Å²) in [4.78, 5) is 7.49. The van der Waals surface area contributed by atoms with Crippen LogP contribution in [0.15, 0.2) is 29.1 Å². The zero-order valence-electron chi connectivity index (χ0n) is 8.25. The molecule has 2 aromatic rings. The molecule has 84 valence electrons. The molecule has 0 amide bonds. The molecule has 16 heavy (non-hydrogen) atoms. The number of hydrogen-bond acceptors (Lipinski definition) is 3. The van der Waals surface area contributed by atoms with E-state index >= 15 is 0 Å². The Hall–Kier alpha value is -1.85. The summed E-state index contributed by atoms with van der Waals surface area (Å²) >= 11 is 0. The van der Waals surface area contributed by atoms with Crippen molar-refractivity contribution in [2.75, 3.05) is 0 Å². The molecule has 0 bridgehead atoms. The van der Waals surface area contributed by atoms with Crippen LogP contribution in [-0.2, 0) is 6.18 Å². The molecule has 0 N–H and O–H groups in total. The van der Waals surface area contributed by atoms with Crippen LogP contribution in [0.4, 0.5) is 13.2 Å². The average Bonchev–Trinajstić information content (AvgIpc) is 2.64. The highest BCUT2D eigenvalue weighted by Crippen LogP contribution is 2.35. The Morgan fingerprint density at radius 3 is 2.62 bits per heavy atom. The maximum atomic E-state index is 12.6. The van der Waals surface area contributed by atoms with Gasteiger partial charge in [-0.25, -0.2) is 4.98 Å². The van der Waals surface area contributed by atoms with E-state index in [0.717, 1.165) is 18.5 Å². The van der Waals surface area contributed by atoms with Gasteiger partial charge in [0.05, 0.1) is 16.8 Å². The molecule has 0 aliphatic heterocycles. The molecule has 0 aliphatic carbocycles. The van der Waals surface area contributed by atoms with Crippen LogP contribution in [0.25, 0.3) is 11.5 Å². The highest BCUT2D eigenvalue weighted by atomic mass is 19.4. The standard InChI is InChI=1S/C10H7F3N2O/c1-6-5-16-9(15-6)7-4-14-3-2-8(7)10(11,12)13/h2-5H,1H3. The molecular weight excluding hydrogens is 221 g/mol. The summed E-state index contributed by atoms with van der Waals surface area (Å²) in [5.74, 6) is -0.0714. The molecule has 0 saturated heterocycles. The summed E-state index contributed by atoms with van der Waals surface area (Å²) in [7, 11) is 0. The highest BCUT2D eigenvalue weighted by Gasteiger charge is 2.34. The van der Waals surface area contributed by atoms with E-state index in [4.69, 9.17) is 4.42 Å². The van der Waals surface area contributed by atoms with Gasteiger partial charge < -0.3 is 4.42 Å². The lowest BCUT2D eigenvalue weighted by Crippen LogP contribution is -2.07. The van der Waals surface area contributed by atoms with Crippen LogP contribution in [0.3, 0.4) is 0 Å². The second kappa shape index (κ2) is 3.62. The molecule has 0 saturated carbocycles. The molecule has 2 aromatic heterocycles. The molecular formula is C10H7F3N2O. The van der Waals surface area contributed by atoms with Crippen LogP contribution in [0.1, 0.15) is 11.3 Å². The zero-order chi connectivity index (χ0) is 11.8. The van der Waals surface area contributed by atoms with Gasteiger partial charge in [-0.05, 0) is 13.0 Å². The topological polar surface area (TPSA) is 38.9 Å². The summed E-state index contributed by atoms with van der Waals surface area (Å²) in [6, 6.07) is 0.898. The average molecular weight is 228 g/mol. The fraction of sp³-hybridized carbons (Fsp3) is 0.200. The summed E-state index contributed by atoms with van der Waals surface area (Å²) < 4.78 is 42.9. The first-order chi connectivity index (χ1) is 7.48. The Bertz CT molecular complexity index is 505. The van der Waals surface area contributed by atoms with E-state index in [0.29, 0.717) is 5.69 Å². The second-order valence-electron chi connectivity index (χ2n) is 3.21. The third-order valence-electron chi connectivity index (χ3n) is 1.98. The summed E-state index contributed by atoms with van der Waals surface area (Å²) in [5, 5.41) is 0. The van der Waals surface area contributed by atoms with E-state index in [2.05, 4.69) is 9.97 Å². The first kappa shape index (κ1) is 10.7. The molecule has 6 heteroatoms. The molecule has 0 atom stereocenters. The van der Waals surface area contributed by atoms with Gasteiger partial charge in [0, 0.05) is 12.4 Å². The van der Waals surface area contributed by atoms with Crippen molar-refractivity contribution in [3.8, 4) is 11.5 Å². The third kappa shape index (κ3) is 1.91. The second-order valence-corrected chi connectivity index (χ2v) is 3.21. The van der Waals surface area contributed by atoms with Crippen molar-refractivity contribution in [2.45, 2.75) is 13.1 Å². The molecule has 2 rings (SSSR count). The van der Waals surface area contributed by atoms with Crippen LogP contribution >= 0.6 is 0 Å². The molecule has 0 aliphatic rings. The normalized spacial score (nSPS) is 11.8. The van der Waals surface area contributed by atoms with Gasteiger partial charge in [-0.15, -0.1) is 0 Å². The van der Waals surface area contributed by atoms with Crippen molar-refractivity contribution in [1.29, 1.82) is 0 Å². The molecule has 3 nitrogen and oxygen atoms in total. The predicted octanol–water partition coefficient (Wildman–Crippen LogP) is 3.06. The van der Waals surface area contributed by atoms with Crippen molar-refractivity contribution in [3.63, 3.8) is 0 Å². The van der Waals surface area contributed by atoms with E-state index in [-0.39, 0.29) is 11.5 Å². The van der Waals surface area contributed by atoms with Crippen molar-refractivity contribution in [2.24, 2.45) is 0 Å². The quantitative estimate of drug-likeness (QED) is 0.752. The SMILES string of the molecule is Cc1coc(-c2cnccc2C(F)(F)F)n1. The van der Waals surface area contributed by atoms with Gasteiger partial charge in [-0.2, -0.15) is 13.2 Å². The number of nitrogens with zero attached hydrogens (tertiary/aromatic N) is 2. The first-order valence-corrected chi connectivity index (χ1v) is 4.42. The largest absolute Gasteiger partial charge is 0.444 e. The van der Waals surface area contributed by atoms with E-state index in [9.17, 15) is 13.2 Å². The van der Waals surface area contributed by atoms with E-state index in [1.165, 1.54) is 6.26 Å². The third-order valence-corrected chi connectivity index (χ3v) is 1.98. The molecule has 2 heterocycles. The Morgan fingerprint density at radius 1 is 1.31 bits per heavy atom. The summed E-state index contributed by atoms with van der Waals surface area (Å²) in [6.45, 7) is 1.64. The summed E-state index contributed by atoms with van der Waals surface area (Å²) in [5.41, 5.74) is -0.431. The minimum absolute atomic E-state index is 0.0714. The van der Waals surface area contributed by atoms with Crippen molar-refractivity contribution in [1.82, 2.24) is 9.97 Å². The van der Waals surface area contributed by atoms with E-state index in [1.54, 1.807) is 6.92 Å². The minimum Gasteiger partial charge on any atom is -0.444 e. The lowest BCUT2D eigenvalue weighted by atomic mass is 10.1. The van der Waals surface area contributed by atoms with Crippen molar-refractivity contribution in [3.05, 3.63) is 36.0 Å². The number of aromatic nitrogens is 2. The van der Waals surface area contributed by atoms with Gasteiger partial charge in [-0.1, -0.05) is 0 Å². The van der Waals surface area contributed by atoms with Crippen LogP contribution in [0.2, 0.25) is 0 Å². The molecule has 0 radical (unpaired) electrons. The number of halogens is 3. The Labute approximate surface area is 88.9 Å². The first-order valence-electron chi connectivity index (χ1n) is 4.42.